The molecule has 2 aromatic carbocycles. The van der Waals surface area contributed by atoms with Crippen molar-refractivity contribution in [1.29, 1.82) is 0 Å². The van der Waals surface area contributed by atoms with E-state index in [0.717, 1.165) is 30.9 Å². The predicted molar refractivity (Wildman–Crippen MR) is 115 cm³/mol. The Morgan fingerprint density at radius 2 is 2.00 bits per heavy atom. The van der Waals surface area contributed by atoms with Gasteiger partial charge in [0.2, 0.25) is 5.91 Å². The number of nitrogens with zero attached hydrogens (tertiary/aromatic N) is 1. The molecule has 1 aliphatic rings. The summed E-state index contributed by atoms with van der Waals surface area (Å²) in [6.07, 6.45) is 1.01. The lowest BCUT2D eigenvalue weighted by atomic mass is 10.1. The van der Waals surface area contributed by atoms with Crippen molar-refractivity contribution in [2.24, 2.45) is 5.73 Å². The molecule has 0 fully saturated rings. The number of amides is 2. The normalized spacial score (nSPS) is 12.9. The maximum Gasteiger partial charge on any atom is 0.262 e. The molecule has 0 atom stereocenters. The molecule has 2 amide bonds. The maximum absolute atomic E-state index is 12.5. The number of benzene rings is 2. The lowest BCUT2D eigenvalue weighted by molar-refractivity contribution is -0.118. The summed E-state index contributed by atoms with van der Waals surface area (Å²) in [6.45, 7) is 1.59. The summed E-state index contributed by atoms with van der Waals surface area (Å²) in [5.41, 5.74) is 8.71. The van der Waals surface area contributed by atoms with Gasteiger partial charge in [0.25, 0.3) is 5.91 Å². The number of rotatable bonds is 6. The van der Waals surface area contributed by atoms with E-state index in [4.69, 9.17) is 10.5 Å². The van der Waals surface area contributed by atoms with Gasteiger partial charge in [-0.15, -0.1) is 11.3 Å². The largest absolute Gasteiger partial charge is 0.484 e. The number of carbonyl (C=O) groups is 2. The Balaban J connectivity index is 1.41. The second-order valence-electron chi connectivity index (χ2n) is 6.79. The van der Waals surface area contributed by atoms with Gasteiger partial charge in [-0.05, 0) is 53.8 Å². The van der Waals surface area contributed by atoms with Crippen molar-refractivity contribution in [3.63, 3.8) is 0 Å². The molecule has 0 saturated carbocycles. The number of carbonyl (C=O) groups excluding carboxylic acids is 2. The summed E-state index contributed by atoms with van der Waals surface area (Å²) in [7, 11) is 0. The van der Waals surface area contributed by atoms with Crippen LogP contribution in [0.25, 0.3) is 0 Å². The van der Waals surface area contributed by atoms with E-state index in [9.17, 15) is 9.59 Å². The van der Waals surface area contributed by atoms with Crippen LogP contribution in [-0.4, -0.2) is 25.0 Å². The molecular formula is C22H21N3O3S. The molecule has 3 N–H and O–H groups in total. The number of anilines is 2. The number of nitrogens with two attached hydrogens (primary N) is 1. The SMILES string of the molecule is NC(=O)c1cccc(OCC(=O)Nc2ccccc2N2CCc3sccc3C2)c1. The number of thiophene rings is 1. The van der Waals surface area contributed by atoms with Gasteiger partial charge in [-0.3, -0.25) is 9.59 Å². The van der Waals surface area contributed by atoms with Crippen LogP contribution in [0.4, 0.5) is 11.4 Å². The number of fused-ring (bicyclic) bond motifs is 1. The van der Waals surface area contributed by atoms with E-state index in [1.807, 2.05) is 24.3 Å². The van der Waals surface area contributed by atoms with Gasteiger partial charge in [0.05, 0.1) is 11.4 Å². The molecule has 0 radical (unpaired) electrons. The van der Waals surface area contributed by atoms with Gasteiger partial charge in [0, 0.05) is 23.5 Å². The Kier molecular flexibility index (Phi) is 5.48. The fourth-order valence-electron chi connectivity index (χ4n) is 3.38. The van der Waals surface area contributed by atoms with E-state index in [1.165, 1.54) is 16.5 Å². The zero-order valence-corrected chi connectivity index (χ0v) is 16.6. The topological polar surface area (TPSA) is 84.7 Å². The second kappa shape index (κ2) is 8.36. The highest BCUT2D eigenvalue weighted by Gasteiger charge is 2.20. The molecular weight excluding hydrogens is 386 g/mol. The highest BCUT2D eigenvalue weighted by atomic mass is 32.1. The Hall–Kier alpha value is -3.32. The molecule has 148 valence electrons. The average molecular weight is 407 g/mol. The molecule has 4 rings (SSSR count). The second-order valence-corrected chi connectivity index (χ2v) is 7.79. The zero-order valence-electron chi connectivity index (χ0n) is 15.8. The highest BCUT2D eigenvalue weighted by Crippen LogP contribution is 2.32. The van der Waals surface area contributed by atoms with Gasteiger partial charge < -0.3 is 20.7 Å². The van der Waals surface area contributed by atoms with Crippen molar-refractivity contribution < 1.29 is 14.3 Å². The Bertz CT molecular complexity index is 1050. The number of para-hydroxylation sites is 2. The third kappa shape index (κ3) is 4.41. The van der Waals surface area contributed by atoms with Crippen LogP contribution in [0.3, 0.4) is 0 Å². The van der Waals surface area contributed by atoms with Gasteiger partial charge in [-0.2, -0.15) is 0 Å². The average Bonchev–Trinajstić information content (AvgIpc) is 3.21. The quantitative estimate of drug-likeness (QED) is 0.656. The van der Waals surface area contributed by atoms with E-state index in [2.05, 4.69) is 21.7 Å². The lowest BCUT2D eigenvalue weighted by Crippen LogP contribution is -2.30. The van der Waals surface area contributed by atoms with Gasteiger partial charge in [0.1, 0.15) is 5.75 Å². The number of primary amides is 1. The molecule has 2 heterocycles. The van der Waals surface area contributed by atoms with E-state index in [-0.39, 0.29) is 12.5 Å². The molecule has 0 unspecified atom stereocenters. The number of hydrogen-bond acceptors (Lipinski definition) is 5. The van der Waals surface area contributed by atoms with Crippen molar-refractivity contribution in [3.05, 3.63) is 76.0 Å². The zero-order chi connectivity index (χ0) is 20.2. The van der Waals surface area contributed by atoms with Crippen LogP contribution in [0.2, 0.25) is 0 Å². The van der Waals surface area contributed by atoms with Crippen LogP contribution in [0.15, 0.2) is 60.0 Å². The molecule has 3 aromatic rings. The first-order chi connectivity index (χ1) is 14.1. The standard InChI is InChI=1S/C22H21N3O3S/c23-22(27)15-4-3-5-17(12-15)28-14-21(26)24-18-6-1-2-7-19(18)25-10-8-20-16(13-25)9-11-29-20/h1-7,9,11-12H,8,10,13-14H2,(H2,23,27)(H,24,26). The summed E-state index contributed by atoms with van der Waals surface area (Å²) in [6, 6.07) is 16.4. The smallest absolute Gasteiger partial charge is 0.262 e. The molecule has 6 nitrogen and oxygen atoms in total. The monoisotopic (exact) mass is 407 g/mol. The number of hydrogen-bond donors (Lipinski definition) is 2. The van der Waals surface area contributed by atoms with Crippen LogP contribution in [0.5, 0.6) is 5.75 Å². The minimum atomic E-state index is -0.538. The van der Waals surface area contributed by atoms with Crippen molar-refractivity contribution in [2.75, 3.05) is 23.4 Å². The van der Waals surface area contributed by atoms with Gasteiger partial charge in [-0.25, -0.2) is 0 Å². The molecule has 0 aliphatic carbocycles. The molecule has 0 spiro atoms. The minimum absolute atomic E-state index is 0.161. The fourth-order valence-corrected chi connectivity index (χ4v) is 4.27. The van der Waals surface area contributed by atoms with Crippen molar-refractivity contribution in [1.82, 2.24) is 0 Å². The first-order valence-electron chi connectivity index (χ1n) is 9.32. The summed E-state index contributed by atoms with van der Waals surface area (Å²) >= 11 is 1.80. The summed E-state index contributed by atoms with van der Waals surface area (Å²) < 4.78 is 5.52. The van der Waals surface area contributed by atoms with Crippen molar-refractivity contribution in [2.45, 2.75) is 13.0 Å². The maximum atomic E-state index is 12.5. The third-order valence-electron chi connectivity index (χ3n) is 4.81. The molecule has 0 saturated heterocycles. The molecule has 1 aliphatic heterocycles. The number of ether oxygens (including phenoxy) is 1. The van der Waals surface area contributed by atoms with Crippen LogP contribution in [0.1, 0.15) is 20.8 Å². The summed E-state index contributed by atoms with van der Waals surface area (Å²) in [4.78, 5) is 27.4. The van der Waals surface area contributed by atoms with Crippen molar-refractivity contribution >= 4 is 34.5 Å². The van der Waals surface area contributed by atoms with Gasteiger partial charge in [-0.1, -0.05) is 18.2 Å². The van der Waals surface area contributed by atoms with E-state index >= 15 is 0 Å². The molecule has 1 aromatic heterocycles. The molecule has 29 heavy (non-hydrogen) atoms. The first-order valence-corrected chi connectivity index (χ1v) is 10.2. The molecule has 0 bridgehead atoms. The third-order valence-corrected chi connectivity index (χ3v) is 5.84. The Morgan fingerprint density at radius 1 is 1.14 bits per heavy atom. The van der Waals surface area contributed by atoms with Crippen LogP contribution in [0, 0.1) is 0 Å². The lowest BCUT2D eigenvalue weighted by Gasteiger charge is -2.30. The van der Waals surface area contributed by atoms with Gasteiger partial charge >= 0.3 is 0 Å². The van der Waals surface area contributed by atoms with Crippen LogP contribution < -0.4 is 20.7 Å². The van der Waals surface area contributed by atoms with E-state index in [1.54, 1.807) is 29.5 Å². The predicted octanol–water partition coefficient (Wildman–Crippen LogP) is 3.43. The minimum Gasteiger partial charge on any atom is -0.484 e. The van der Waals surface area contributed by atoms with E-state index in [0.29, 0.717) is 11.3 Å². The summed E-state index contributed by atoms with van der Waals surface area (Å²) in [5, 5.41) is 5.07. The molecule has 7 heteroatoms. The van der Waals surface area contributed by atoms with Crippen LogP contribution in [-0.2, 0) is 17.8 Å². The Morgan fingerprint density at radius 3 is 2.86 bits per heavy atom. The Labute approximate surface area is 172 Å². The van der Waals surface area contributed by atoms with E-state index < -0.39 is 5.91 Å². The fraction of sp³-hybridized carbons (Fsp3) is 0.182. The first kappa shape index (κ1) is 19.0. The van der Waals surface area contributed by atoms with Crippen LogP contribution >= 0.6 is 11.3 Å². The van der Waals surface area contributed by atoms with Gasteiger partial charge in [0.15, 0.2) is 6.61 Å². The number of nitrogens with one attached hydrogen (secondary N) is 1. The highest BCUT2D eigenvalue weighted by molar-refractivity contribution is 7.10. The summed E-state index contributed by atoms with van der Waals surface area (Å²) in [5.74, 6) is -0.384. The van der Waals surface area contributed by atoms with Crippen molar-refractivity contribution in [3.8, 4) is 5.75 Å².